The van der Waals surface area contributed by atoms with Gasteiger partial charge in [-0.25, -0.2) is 17.2 Å². The molecule has 0 spiro atoms. The van der Waals surface area contributed by atoms with Crippen LogP contribution in [-0.2, 0) is 16.4 Å². The fourth-order valence-corrected chi connectivity index (χ4v) is 3.84. The van der Waals surface area contributed by atoms with Crippen molar-refractivity contribution in [2.75, 3.05) is 11.3 Å². The number of anilines is 1. The van der Waals surface area contributed by atoms with Crippen LogP contribution < -0.4 is 10.0 Å². The molecule has 0 unspecified atom stereocenters. The molecular weight excluding hydrogens is 434 g/mol. The highest BCUT2D eigenvalue weighted by atomic mass is 35.5. The summed E-state index contributed by atoms with van der Waals surface area (Å²) < 4.78 is 53.4. The van der Waals surface area contributed by atoms with E-state index in [1.165, 1.54) is 24.3 Å². The molecule has 0 saturated heterocycles. The van der Waals surface area contributed by atoms with Crippen LogP contribution in [0.1, 0.15) is 15.9 Å². The van der Waals surface area contributed by atoms with E-state index in [0.717, 1.165) is 17.7 Å². The molecule has 3 aromatic carbocycles. The van der Waals surface area contributed by atoms with Gasteiger partial charge in [0.15, 0.2) is 11.6 Å². The van der Waals surface area contributed by atoms with Gasteiger partial charge in [0, 0.05) is 22.8 Å². The van der Waals surface area contributed by atoms with Crippen LogP contribution in [0.3, 0.4) is 0 Å². The lowest BCUT2D eigenvalue weighted by Crippen LogP contribution is -2.25. The summed E-state index contributed by atoms with van der Waals surface area (Å²) >= 11 is 5.84. The van der Waals surface area contributed by atoms with E-state index in [1.807, 2.05) is 12.1 Å². The van der Waals surface area contributed by atoms with Crippen molar-refractivity contribution in [2.45, 2.75) is 11.3 Å². The van der Waals surface area contributed by atoms with Crippen LogP contribution in [0.4, 0.5) is 14.5 Å². The number of carbonyl (C=O) groups is 1. The topological polar surface area (TPSA) is 75.3 Å². The minimum Gasteiger partial charge on any atom is -0.352 e. The molecule has 0 aliphatic heterocycles. The fourth-order valence-electron chi connectivity index (χ4n) is 2.66. The lowest BCUT2D eigenvalue weighted by atomic mass is 10.1. The number of nitrogens with one attached hydrogen (secondary N) is 2. The van der Waals surface area contributed by atoms with Crippen LogP contribution in [0, 0.1) is 11.6 Å². The van der Waals surface area contributed by atoms with Crippen molar-refractivity contribution in [3.63, 3.8) is 0 Å². The van der Waals surface area contributed by atoms with Crippen LogP contribution >= 0.6 is 11.6 Å². The Hall–Kier alpha value is -2.97. The van der Waals surface area contributed by atoms with Gasteiger partial charge in [-0.05, 0) is 60.5 Å². The van der Waals surface area contributed by atoms with Gasteiger partial charge in [0.25, 0.3) is 15.9 Å². The summed E-state index contributed by atoms with van der Waals surface area (Å²) in [6, 6.07) is 15.4. The van der Waals surface area contributed by atoms with Crippen LogP contribution in [-0.4, -0.2) is 20.9 Å². The van der Waals surface area contributed by atoms with Crippen molar-refractivity contribution in [3.8, 4) is 0 Å². The van der Waals surface area contributed by atoms with Crippen LogP contribution in [0.5, 0.6) is 0 Å². The molecule has 0 bridgehead atoms. The smallest absolute Gasteiger partial charge is 0.261 e. The number of rotatable bonds is 7. The molecule has 0 radical (unpaired) electrons. The van der Waals surface area contributed by atoms with Crippen molar-refractivity contribution < 1.29 is 22.0 Å². The number of hydrogen-bond acceptors (Lipinski definition) is 3. The predicted octanol–water partition coefficient (Wildman–Crippen LogP) is 4.39. The Kier molecular flexibility index (Phi) is 6.69. The zero-order valence-corrected chi connectivity index (χ0v) is 17.1. The van der Waals surface area contributed by atoms with Gasteiger partial charge in [0.2, 0.25) is 0 Å². The zero-order valence-electron chi connectivity index (χ0n) is 15.5. The summed E-state index contributed by atoms with van der Waals surface area (Å²) in [5.41, 5.74) is 1.37. The fraction of sp³-hybridized carbons (Fsp3) is 0.0952. The van der Waals surface area contributed by atoms with Crippen LogP contribution in [0.2, 0.25) is 5.02 Å². The van der Waals surface area contributed by atoms with Gasteiger partial charge >= 0.3 is 0 Å². The van der Waals surface area contributed by atoms with Gasteiger partial charge in [0.05, 0.1) is 4.90 Å². The molecule has 0 heterocycles. The maximum atomic E-state index is 13.4. The van der Waals surface area contributed by atoms with E-state index in [4.69, 9.17) is 11.6 Å². The first-order valence-electron chi connectivity index (χ1n) is 8.85. The van der Waals surface area contributed by atoms with Crippen LogP contribution in [0.15, 0.2) is 71.6 Å². The maximum absolute atomic E-state index is 13.4. The number of hydrogen-bond donors (Lipinski definition) is 2. The maximum Gasteiger partial charge on any atom is 0.261 e. The summed E-state index contributed by atoms with van der Waals surface area (Å²) in [6.45, 7) is 0.380. The molecule has 0 saturated carbocycles. The lowest BCUT2D eigenvalue weighted by molar-refractivity contribution is 0.0954. The number of halogens is 3. The second-order valence-electron chi connectivity index (χ2n) is 6.39. The standard InChI is InChI=1S/C21H17ClF2N2O3S/c22-16-6-4-14(5-7-16)10-11-25-21(27)15-2-1-3-17(12-15)26-30(28,29)18-8-9-19(23)20(24)13-18/h1-9,12-13,26H,10-11H2,(H,25,27). The van der Waals surface area contributed by atoms with Gasteiger partial charge in [-0.2, -0.15) is 0 Å². The second-order valence-corrected chi connectivity index (χ2v) is 8.51. The Bertz CT molecular complexity index is 1170. The van der Waals surface area contributed by atoms with Crippen molar-refractivity contribution in [1.82, 2.24) is 5.32 Å². The monoisotopic (exact) mass is 450 g/mol. The largest absolute Gasteiger partial charge is 0.352 e. The first-order valence-corrected chi connectivity index (χ1v) is 10.7. The highest BCUT2D eigenvalue weighted by Gasteiger charge is 2.17. The Morgan fingerprint density at radius 3 is 2.37 bits per heavy atom. The van der Waals surface area contributed by atoms with E-state index in [-0.39, 0.29) is 17.2 Å². The average Bonchev–Trinajstić information content (AvgIpc) is 2.71. The van der Waals surface area contributed by atoms with Crippen molar-refractivity contribution in [3.05, 3.63) is 94.5 Å². The van der Waals surface area contributed by atoms with Gasteiger partial charge in [-0.1, -0.05) is 29.8 Å². The summed E-state index contributed by atoms with van der Waals surface area (Å²) in [6.07, 6.45) is 0.603. The van der Waals surface area contributed by atoms with E-state index in [9.17, 15) is 22.0 Å². The minimum atomic E-state index is -4.15. The van der Waals surface area contributed by atoms with E-state index in [2.05, 4.69) is 10.0 Å². The Labute approximate surface area is 177 Å². The molecule has 0 aliphatic carbocycles. The predicted molar refractivity (Wildman–Crippen MR) is 111 cm³/mol. The second kappa shape index (κ2) is 9.23. The number of carbonyl (C=O) groups excluding carboxylic acids is 1. The van der Waals surface area contributed by atoms with E-state index >= 15 is 0 Å². The minimum absolute atomic E-state index is 0.116. The molecule has 3 rings (SSSR count). The molecular formula is C21H17ClF2N2O3S. The molecule has 30 heavy (non-hydrogen) atoms. The highest BCUT2D eigenvalue weighted by molar-refractivity contribution is 7.92. The Morgan fingerprint density at radius 1 is 0.933 bits per heavy atom. The molecule has 0 fully saturated rings. The molecule has 0 atom stereocenters. The summed E-state index contributed by atoms with van der Waals surface area (Å²) in [7, 11) is -4.15. The lowest BCUT2D eigenvalue weighted by Gasteiger charge is -2.10. The third-order valence-corrected chi connectivity index (χ3v) is 5.82. The first kappa shape index (κ1) is 21.7. The average molecular weight is 451 g/mol. The highest BCUT2D eigenvalue weighted by Crippen LogP contribution is 2.19. The zero-order chi connectivity index (χ0) is 21.7. The van der Waals surface area contributed by atoms with Gasteiger partial charge in [0.1, 0.15) is 0 Å². The molecule has 3 aromatic rings. The molecule has 2 N–H and O–H groups in total. The van der Waals surface area contributed by atoms with E-state index in [0.29, 0.717) is 24.1 Å². The Morgan fingerprint density at radius 2 is 1.67 bits per heavy atom. The Balaban J connectivity index is 1.65. The summed E-state index contributed by atoms with van der Waals surface area (Å²) in [5, 5.41) is 3.39. The SMILES string of the molecule is O=C(NCCc1ccc(Cl)cc1)c1cccc(NS(=O)(=O)c2ccc(F)c(F)c2)c1. The molecule has 9 heteroatoms. The third-order valence-electron chi connectivity index (χ3n) is 4.19. The van der Waals surface area contributed by atoms with Crippen molar-refractivity contribution >= 4 is 33.2 Å². The number of benzene rings is 3. The van der Waals surface area contributed by atoms with Gasteiger partial charge in [-0.3, -0.25) is 9.52 Å². The summed E-state index contributed by atoms with van der Waals surface area (Å²) in [5.74, 6) is -2.80. The molecule has 5 nitrogen and oxygen atoms in total. The molecule has 0 aliphatic rings. The molecule has 1 amide bonds. The van der Waals surface area contributed by atoms with Gasteiger partial charge in [-0.15, -0.1) is 0 Å². The summed E-state index contributed by atoms with van der Waals surface area (Å²) in [4.78, 5) is 11.9. The quantitative estimate of drug-likeness (QED) is 0.560. The van der Waals surface area contributed by atoms with Gasteiger partial charge < -0.3 is 5.32 Å². The van der Waals surface area contributed by atoms with Crippen LogP contribution in [0.25, 0.3) is 0 Å². The first-order chi connectivity index (χ1) is 14.2. The van der Waals surface area contributed by atoms with Crippen molar-refractivity contribution in [1.29, 1.82) is 0 Å². The third kappa shape index (κ3) is 5.55. The number of sulfonamides is 1. The normalized spacial score (nSPS) is 11.2. The molecule has 0 aromatic heterocycles. The van der Waals surface area contributed by atoms with E-state index < -0.39 is 26.6 Å². The number of amides is 1. The molecule has 156 valence electrons. The van der Waals surface area contributed by atoms with Crippen molar-refractivity contribution in [2.24, 2.45) is 0 Å². The van der Waals surface area contributed by atoms with E-state index in [1.54, 1.807) is 12.1 Å².